The Morgan fingerprint density at radius 2 is 1.69 bits per heavy atom. The maximum absolute atomic E-state index is 12.6. The molecule has 0 saturated carbocycles. The lowest BCUT2D eigenvalue weighted by Crippen LogP contribution is -2.35. The number of ketones is 2. The smallest absolute Gasteiger partial charge is 0.322 e. The highest BCUT2D eigenvalue weighted by atomic mass is 32.2. The lowest BCUT2D eigenvalue weighted by molar-refractivity contribution is -0.146. The van der Waals surface area contributed by atoms with Crippen LogP contribution in [0.1, 0.15) is 45.7 Å². The van der Waals surface area contributed by atoms with Crippen LogP contribution in [-0.2, 0) is 30.9 Å². The number of nitrogens with one attached hydrogen (secondary N) is 1. The van der Waals surface area contributed by atoms with Gasteiger partial charge in [-0.1, -0.05) is 12.1 Å². The van der Waals surface area contributed by atoms with Crippen LogP contribution in [0.5, 0.6) is 0 Å². The lowest BCUT2D eigenvalue weighted by atomic mass is 10.2. The highest BCUT2D eigenvalue weighted by molar-refractivity contribution is 7.89. The Morgan fingerprint density at radius 3 is 2.25 bits per heavy atom. The molecule has 172 valence electrons. The third-order valence-electron chi connectivity index (χ3n) is 4.41. The molecule has 0 saturated heterocycles. The fourth-order valence-electron chi connectivity index (χ4n) is 2.61. The molecule has 0 fully saturated rings. The lowest BCUT2D eigenvalue weighted by Gasteiger charge is -2.18. The van der Waals surface area contributed by atoms with Crippen LogP contribution in [0, 0.1) is 0 Å². The first kappa shape index (κ1) is 25.4. The third kappa shape index (κ3) is 6.55. The van der Waals surface area contributed by atoms with Gasteiger partial charge in [-0.05, 0) is 38.1 Å². The maximum atomic E-state index is 12.6. The van der Waals surface area contributed by atoms with Crippen molar-refractivity contribution in [2.45, 2.75) is 38.3 Å². The summed E-state index contributed by atoms with van der Waals surface area (Å²) >= 11 is 1.17. The highest BCUT2D eigenvalue weighted by Gasteiger charge is 2.26. The molecule has 2 aromatic rings. The van der Waals surface area contributed by atoms with E-state index in [1.807, 2.05) is 0 Å². The van der Waals surface area contributed by atoms with Gasteiger partial charge in [0.25, 0.3) is 0 Å². The number of nitrogens with zero attached hydrogens (tertiary/aromatic N) is 1. The Bertz CT molecular complexity index is 1120. The van der Waals surface area contributed by atoms with Gasteiger partial charge in [0.15, 0.2) is 11.9 Å². The third-order valence-corrected chi connectivity index (χ3v) is 7.33. The van der Waals surface area contributed by atoms with Gasteiger partial charge < -0.3 is 10.1 Å². The van der Waals surface area contributed by atoms with Crippen molar-refractivity contribution in [3.8, 4) is 0 Å². The normalized spacial score (nSPS) is 12.3. The summed E-state index contributed by atoms with van der Waals surface area (Å²) in [7, 11) is -2.77. The Labute approximate surface area is 190 Å². The zero-order chi connectivity index (χ0) is 24.1. The van der Waals surface area contributed by atoms with E-state index in [9.17, 15) is 27.6 Å². The van der Waals surface area contributed by atoms with E-state index in [1.54, 1.807) is 12.1 Å². The zero-order valence-corrected chi connectivity index (χ0v) is 19.7. The average Bonchev–Trinajstić information content (AvgIpc) is 3.20. The van der Waals surface area contributed by atoms with E-state index in [-0.39, 0.29) is 23.1 Å². The van der Waals surface area contributed by atoms with Crippen LogP contribution in [0.3, 0.4) is 0 Å². The summed E-state index contributed by atoms with van der Waals surface area (Å²) in [5, 5.41) is 2.63. The fourth-order valence-corrected chi connectivity index (χ4v) is 4.69. The first-order chi connectivity index (χ1) is 14.9. The summed E-state index contributed by atoms with van der Waals surface area (Å²) < 4.78 is 31.2. The molecule has 2 rings (SSSR count). The molecule has 1 atom stereocenters. The number of rotatable bonds is 10. The standard InChI is InChI=1S/C21H24N2O7S2/c1-13(24)16-5-8-18(9-6-16)32(28,29)23(4)12-20(26)30-14(2)21(27)19-10-7-17(31-19)11-22-15(3)25/h5-10,14H,11-12H2,1-4H3,(H,22,25). The monoisotopic (exact) mass is 480 g/mol. The summed E-state index contributed by atoms with van der Waals surface area (Å²) in [4.78, 5) is 48.1. The number of esters is 1. The van der Waals surface area contributed by atoms with Gasteiger partial charge >= 0.3 is 5.97 Å². The number of Topliss-reactive ketones (excluding diaryl/α,β-unsaturated/α-hetero) is 2. The van der Waals surface area contributed by atoms with Crippen LogP contribution in [-0.4, -0.2) is 55.9 Å². The molecule has 0 radical (unpaired) electrons. The van der Waals surface area contributed by atoms with Crippen molar-refractivity contribution in [2.24, 2.45) is 0 Å². The SMILES string of the molecule is CC(=O)NCc1ccc(C(=O)C(C)OC(=O)CN(C)S(=O)(=O)c2ccc(C(C)=O)cc2)s1. The Hall–Kier alpha value is -2.89. The van der Waals surface area contributed by atoms with Crippen LogP contribution >= 0.6 is 11.3 Å². The molecule has 0 aliphatic rings. The second kappa shape index (κ2) is 10.6. The van der Waals surface area contributed by atoms with E-state index in [4.69, 9.17) is 4.74 Å². The van der Waals surface area contributed by atoms with Gasteiger partial charge in [0, 0.05) is 24.4 Å². The van der Waals surface area contributed by atoms with Gasteiger partial charge in [-0.25, -0.2) is 8.42 Å². The van der Waals surface area contributed by atoms with E-state index < -0.39 is 34.4 Å². The first-order valence-corrected chi connectivity index (χ1v) is 11.8. The number of likely N-dealkylation sites (N-methyl/N-ethyl adjacent to an activating group) is 1. The van der Waals surface area contributed by atoms with Crippen LogP contribution in [0.25, 0.3) is 0 Å². The Kier molecular flexibility index (Phi) is 8.42. The van der Waals surface area contributed by atoms with E-state index >= 15 is 0 Å². The molecule has 9 nitrogen and oxygen atoms in total. The maximum Gasteiger partial charge on any atom is 0.322 e. The molecule has 0 aliphatic heterocycles. The van der Waals surface area contributed by atoms with Gasteiger partial charge in [-0.2, -0.15) is 4.31 Å². The topological polar surface area (TPSA) is 127 Å². The summed E-state index contributed by atoms with van der Waals surface area (Å²) in [6.45, 7) is 3.86. The first-order valence-electron chi connectivity index (χ1n) is 9.56. The number of benzene rings is 1. The molecule has 32 heavy (non-hydrogen) atoms. The van der Waals surface area contributed by atoms with E-state index in [2.05, 4.69) is 5.32 Å². The molecule has 0 aliphatic carbocycles. The predicted octanol–water partition coefficient (Wildman–Crippen LogP) is 2.02. The number of hydrogen-bond acceptors (Lipinski definition) is 8. The molecule has 1 amide bonds. The van der Waals surface area contributed by atoms with Gasteiger partial charge in [0.1, 0.15) is 6.54 Å². The highest BCUT2D eigenvalue weighted by Crippen LogP contribution is 2.20. The molecule has 1 aromatic carbocycles. The van der Waals surface area contributed by atoms with Crippen molar-refractivity contribution in [1.82, 2.24) is 9.62 Å². The predicted molar refractivity (Wildman–Crippen MR) is 118 cm³/mol. The van der Waals surface area contributed by atoms with Gasteiger partial charge in [0.05, 0.1) is 16.3 Å². The van der Waals surface area contributed by atoms with Crippen molar-refractivity contribution in [2.75, 3.05) is 13.6 Å². The van der Waals surface area contributed by atoms with Crippen molar-refractivity contribution < 1.29 is 32.3 Å². The number of hydrogen-bond donors (Lipinski definition) is 1. The van der Waals surface area contributed by atoms with Gasteiger partial charge in [-0.3, -0.25) is 19.2 Å². The van der Waals surface area contributed by atoms with Crippen LogP contribution in [0.4, 0.5) is 0 Å². The quantitative estimate of drug-likeness (QED) is 0.407. The minimum Gasteiger partial charge on any atom is -0.453 e. The summed E-state index contributed by atoms with van der Waals surface area (Å²) in [6.07, 6.45) is -1.11. The largest absolute Gasteiger partial charge is 0.453 e. The number of carbonyl (C=O) groups excluding carboxylic acids is 4. The van der Waals surface area contributed by atoms with Crippen LogP contribution < -0.4 is 5.32 Å². The van der Waals surface area contributed by atoms with E-state index in [0.717, 1.165) is 9.18 Å². The molecule has 1 N–H and O–H groups in total. The summed E-state index contributed by atoms with van der Waals surface area (Å²) in [6, 6.07) is 8.63. The molecule has 1 unspecified atom stereocenters. The fraction of sp³-hybridized carbons (Fsp3) is 0.333. The molecular weight excluding hydrogens is 456 g/mol. The van der Waals surface area contributed by atoms with Gasteiger partial charge in [0.2, 0.25) is 21.7 Å². The number of thiophene rings is 1. The number of carbonyl (C=O) groups is 4. The molecule has 11 heteroatoms. The van der Waals surface area contributed by atoms with Crippen LogP contribution in [0.2, 0.25) is 0 Å². The van der Waals surface area contributed by atoms with E-state index in [1.165, 1.54) is 63.4 Å². The molecule has 0 spiro atoms. The van der Waals surface area contributed by atoms with Crippen molar-refractivity contribution in [1.29, 1.82) is 0 Å². The Balaban J connectivity index is 1.97. The zero-order valence-electron chi connectivity index (χ0n) is 18.1. The summed E-state index contributed by atoms with van der Waals surface area (Å²) in [5.41, 5.74) is 0.368. The molecule has 1 heterocycles. The summed E-state index contributed by atoms with van der Waals surface area (Å²) in [5.74, 6) is -1.70. The van der Waals surface area contributed by atoms with E-state index in [0.29, 0.717) is 10.4 Å². The number of sulfonamides is 1. The second-order valence-corrected chi connectivity index (χ2v) is 10.2. The second-order valence-electron chi connectivity index (χ2n) is 7.01. The van der Waals surface area contributed by atoms with Crippen LogP contribution in [0.15, 0.2) is 41.3 Å². The van der Waals surface area contributed by atoms with Gasteiger partial charge in [-0.15, -0.1) is 11.3 Å². The molecule has 1 aromatic heterocycles. The minimum atomic E-state index is -3.99. The number of amides is 1. The van der Waals surface area contributed by atoms with Crippen molar-refractivity contribution >= 4 is 44.8 Å². The minimum absolute atomic E-state index is 0.0767. The number of ether oxygens (including phenoxy) is 1. The molecule has 0 bridgehead atoms. The average molecular weight is 481 g/mol. The van der Waals surface area contributed by atoms with Crippen molar-refractivity contribution in [3.05, 3.63) is 51.7 Å². The Morgan fingerprint density at radius 1 is 1.06 bits per heavy atom. The molecular formula is C21H24N2O7S2. The van der Waals surface area contributed by atoms with Crippen molar-refractivity contribution in [3.63, 3.8) is 0 Å².